The molecule has 3 N–H and O–H groups in total. The average molecular weight is 855 g/mol. The third-order valence-corrected chi connectivity index (χ3v) is 12.3. The maximum atomic E-state index is 13.8. The molecule has 0 radical (unpaired) electrons. The van der Waals surface area contributed by atoms with E-state index in [0.717, 1.165) is 122 Å². The van der Waals surface area contributed by atoms with Gasteiger partial charge in [-0.25, -0.2) is 0 Å². The number of carbonyl (C=O) groups excluding carboxylic acids is 3. The van der Waals surface area contributed by atoms with Crippen molar-refractivity contribution in [2.24, 2.45) is 0 Å². The number of Topliss-reactive ketones (excluding diaryl/α,β-unsaturated/α-hetero) is 3. The van der Waals surface area contributed by atoms with Crippen molar-refractivity contribution >= 4 is 17.3 Å². The quantitative estimate of drug-likeness (QED) is 0.0319. The van der Waals surface area contributed by atoms with Crippen LogP contribution in [0.3, 0.4) is 0 Å². The molecule has 0 spiro atoms. The lowest BCUT2D eigenvalue weighted by Gasteiger charge is -2.39. The van der Waals surface area contributed by atoms with E-state index < -0.39 is 35.2 Å². The van der Waals surface area contributed by atoms with E-state index in [1.807, 2.05) is 0 Å². The van der Waals surface area contributed by atoms with Gasteiger partial charge in [-0.15, -0.1) is 0 Å². The van der Waals surface area contributed by atoms with E-state index in [0.29, 0.717) is 19.3 Å². The first kappa shape index (κ1) is 58.9. The Morgan fingerprint density at radius 3 is 0.934 bits per heavy atom. The van der Waals surface area contributed by atoms with Crippen LogP contribution in [0.25, 0.3) is 0 Å². The van der Waals surface area contributed by atoms with Crippen LogP contribution < -0.4 is 0 Å². The SMILES string of the molecule is CCCCC/C=C\C/C=C\CCCCCCCC(=O)C(O)(C(=O)CCCCCCC/C=C\CCCCCCCC)C(O)(CO)C(=O)CCCCCCC/C=C\CCCCCC. The molecule has 0 rings (SSSR count). The highest BCUT2D eigenvalue weighted by Crippen LogP contribution is 2.32. The van der Waals surface area contributed by atoms with Crippen molar-refractivity contribution in [1.82, 2.24) is 0 Å². The van der Waals surface area contributed by atoms with Gasteiger partial charge in [0.05, 0.1) is 6.61 Å². The Balaban J connectivity index is 5.03. The Morgan fingerprint density at radius 2 is 0.590 bits per heavy atom. The van der Waals surface area contributed by atoms with E-state index in [-0.39, 0.29) is 19.3 Å². The van der Waals surface area contributed by atoms with Gasteiger partial charge in [0.2, 0.25) is 5.60 Å². The minimum absolute atomic E-state index is 0.102. The molecule has 0 saturated carbocycles. The van der Waals surface area contributed by atoms with Gasteiger partial charge < -0.3 is 15.3 Å². The molecule has 2 atom stereocenters. The zero-order valence-corrected chi connectivity index (χ0v) is 40.3. The Labute approximate surface area is 377 Å². The Morgan fingerprint density at radius 1 is 0.344 bits per heavy atom. The van der Waals surface area contributed by atoms with Gasteiger partial charge in [-0.05, 0) is 103 Å². The van der Waals surface area contributed by atoms with Crippen molar-refractivity contribution < 1.29 is 29.7 Å². The van der Waals surface area contributed by atoms with Gasteiger partial charge in [-0.2, -0.15) is 0 Å². The lowest BCUT2D eigenvalue weighted by Crippen LogP contribution is -2.69. The predicted octanol–water partition coefficient (Wildman–Crippen LogP) is 15.3. The number of rotatable bonds is 47. The van der Waals surface area contributed by atoms with Gasteiger partial charge in [-0.1, -0.05) is 191 Å². The molecule has 2 unspecified atom stereocenters. The van der Waals surface area contributed by atoms with Gasteiger partial charge in [0.25, 0.3) is 0 Å². The molecule has 0 bridgehead atoms. The largest absolute Gasteiger partial charge is 0.393 e. The van der Waals surface area contributed by atoms with Crippen molar-refractivity contribution in [3.63, 3.8) is 0 Å². The predicted molar refractivity (Wildman–Crippen MR) is 261 cm³/mol. The molecule has 0 aromatic carbocycles. The summed E-state index contributed by atoms with van der Waals surface area (Å²) in [7, 11) is 0. The monoisotopic (exact) mass is 855 g/mol. The Kier molecular flexibility index (Phi) is 41.6. The topological polar surface area (TPSA) is 112 Å². The summed E-state index contributed by atoms with van der Waals surface area (Å²) in [4.78, 5) is 41.1. The highest BCUT2D eigenvalue weighted by atomic mass is 16.4. The number of aliphatic hydroxyl groups excluding tert-OH is 1. The molecule has 0 fully saturated rings. The van der Waals surface area contributed by atoms with E-state index in [1.165, 1.54) is 83.5 Å². The molecule has 354 valence electrons. The van der Waals surface area contributed by atoms with E-state index in [1.54, 1.807) is 0 Å². The Hall–Kier alpha value is -2.15. The molecule has 0 aliphatic rings. The van der Waals surface area contributed by atoms with E-state index >= 15 is 0 Å². The summed E-state index contributed by atoms with van der Waals surface area (Å²) in [6.45, 7) is 5.52. The smallest absolute Gasteiger partial charge is 0.219 e. The summed E-state index contributed by atoms with van der Waals surface area (Å²) in [5.74, 6) is -2.52. The first-order valence-electron chi connectivity index (χ1n) is 26.0. The molecule has 0 amide bonds. The fourth-order valence-electron chi connectivity index (χ4n) is 8.05. The summed E-state index contributed by atoms with van der Waals surface area (Å²) in [6, 6.07) is 0. The van der Waals surface area contributed by atoms with Gasteiger partial charge in [0.1, 0.15) is 0 Å². The van der Waals surface area contributed by atoms with Crippen LogP contribution in [0.5, 0.6) is 0 Å². The zero-order valence-electron chi connectivity index (χ0n) is 40.3. The fraction of sp³-hybridized carbons (Fsp3) is 0.800. The van der Waals surface area contributed by atoms with E-state index in [9.17, 15) is 29.7 Å². The Bertz CT molecular complexity index is 1150. The third kappa shape index (κ3) is 30.6. The molecular weight excluding hydrogens is 757 g/mol. The number of hydrogen-bond acceptors (Lipinski definition) is 6. The van der Waals surface area contributed by atoms with Gasteiger partial charge in [0, 0.05) is 19.3 Å². The van der Waals surface area contributed by atoms with Crippen molar-refractivity contribution in [3.8, 4) is 0 Å². The molecule has 0 aliphatic heterocycles. The summed E-state index contributed by atoms with van der Waals surface area (Å²) in [5.41, 5.74) is -5.79. The van der Waals surface area contributed by atoms with Gasteiger partial charge in [-0.3, -0.25) is 14.4 Å². The molecule has 61 heavy (non-hydrogen) atoms. The molecule has 0 aromatic heterocycles. The minimum Gasteiger partial charge on any atom is -0.393 e. The minimum atomic E-state index is -2.95. The van der Waals surface area contributed by atoms with Crippen LogP contribution in [0.4, 0.5) is 0 Å². The highest BCUT2D eigenvalue weighted by Gasteiger charge is 2.62. The molecule has 0 aromatic rings. The molecule has 0 heterocycles. The molecule has 6 nitrogen and oxygen atoms in total. The second-order valence-electron chi connectivity index (χ2n) is 17.9. The summed E-state index contributed by atoms with van der Waals surface area (Å²) < 4.78 is 0. The normalized spacial score (nSPS) is 14.2. The number of ketones is 3. The average Bonchev–Trinajstić information content (AvgIpc) is 3.26. The van der Waals surface area contributed by atoms with Crippen LogP contribution in [-0.4, -0.2) is 50.5 Å². The maximum Gasteiger partial charge on any atom is 0.219 e. The first-order valence-corrected chi connectivity index (χ1v) is 26.0. The van der Waals surface area contributed by atoms with Crippen LogP contribution in [0.2, 0.25) is 0 Å². The second kappa shape index (κ2) is 43.1. The van der Waals surface area contributed by atoms with Crippen LogP contribution in [0.1, 0.15) is 265 Å². The second-order valence-corrected chi connectivity index (χ2v) is 17.9. The standard InChI is InChI=1S/C55H98O6/c1-4-7-10-13-16-19-22-25-27-30-33-36-39-42-45-48-52(58)55(61,53(59)49-46-43-40-37-34-31-28-26-23-20-17-14-11-8-5-2)54(60,50-56)51(57)47-44-41-38-35-32-29-24-21-18-15-12-9-6-3/h16,19,21,24-28,56,60-61H,4-15,17-18,20,22-23,29-50H2,1-3H3/b19-16-,24-21-,27-25-,28-26-. The summed E-state index contributed by atoms with van der Waals surface area (Å²) >= 11 is 0. The van der Waals surface area contributed by atoms with E-state index in [4.69, 9.17) is 0 Å². The van der Waals surface area contributed by atoms with Gasteiger partial charge in [0.15, 0.2) is 23.0 Å². The lowest BCUT2D eigenvalue weighted by molar-refractivity contribution is -0.194. The maximum absolute atomic E-state index is 13.8. The van der Waals surface area contributed by atoms with Crippen LogP contribution in [-0.2, 0) is 14.4 Å². The third-order valence-electron chi connectivity index (χ3n) is 12.3. The molecule has 0 saturated heterocycles. The van der Waals surface area contributed by atoms with Crippen molar-refractivity contribution in [2.45, 2.75) is 276 Å². The van der Waals surface area contributed by atoms with Gasteiger partial charge >= 0.3 is 0 Å². The van der Waals surface area contributed by atoms with Crippen molar-refractivity contribution in [1.29, 1.82) is 0 Å². The molecule has 6 heteroatoms. The molecular formula is C55H98O6. The molecule has 0 aliphatic carbocycles. The number of carbonyl (C=O) groups is 3. The number of unbranched alkanes of at least 4 members (excludes halogenated alkanes) is 28. The number of hydrogen-bond donors (Lipinski definition) is 3. The number of aliphatic hydroxyl groups is 3. The van der Waals surface area contributed by atoms with Crippen LogP contribution >= 0.6 is 0 Å². The summed E-state index contributed by atoms with van der Waals surface area (Å²) in [5, 5.41) is 34.0. The van der Waals surface area contributed by atoms with Crippen LogP contribution in [0.15, 0.2) is 48.6 Å². The lowest BCUT2D eigenvalue weighted by atomic mass is 9.71. The highest BCUT2D eigenvalue weighted by molar-refractivity contribution is 6.16. The van der Waals surface area contributed by atoms with Crippen LogP contribution in [0, 0.1) is 0 Å². The van der Waals surface area contributed by atoms with Crippen molar-refractivity contribution in [3.05, 3.63) is 48.6 Å². The van der Waals surface area contributed by atoms with Crippen molar-refractivity contribution in [2.75, 3.05) is 6.61 Å². The van der Waals surface area contributed by atoms with E-state index in [2.05, 4.69) is 69.4 Å². The number of allylic oxidation sites excluding steroid dienone is 8. The summed E-state index contributed by atoms with van der Waals surface area (Å²) in [6.07, 6.45) is 54.6. The fourth-order valence-corrected chi connectivity index (χ4v) is 8.05. The zero-order chi connectivity index (χ0) is 45.0. The first-order chi connectivity index (χ1) is 29.8.